The average Bonchev–Trinajstić information content (AvgIpc) is 3.16. The zero-order valence-electron chi connectivity index (χ0n) is 21.3. The van der Waals surface area contributed by atoms with Gasteiger partial charge in [-0.1, -0.05) is 13.0 Å². The van der Waals surface area contributed by atoms with Crippen molar-refractivity contribution in [2.45, 2.75) is 102 Å². The fourth-order valence-electron chi connectivity index (χ4n) is 8.15. The van der Waals surface area contributed by atoms with Gasteiger partial charge in [0.2, 0.25) is 0 Å². The number of ketones is 2. The molecule has 8 heteroatoms. The normalized spacial score (nSPS) is 49.8. The number of fused-ring (bicyclic) bond motifs is 7. The molecule has 4 fully saturated rings. The van der Waals surface area contributed by atoms with Crippen molar-refractivity contribution in [3.8, 4) is 0 Å². The summed E-state index contributed by atoms with van der Waals surface area (Å²) in [6.07, 6.45) is 0.0232. The molecule has 5 rings (SSSR count). The first-order chi connectivity index (χ1) is 16.1. The molecule has 6 nitrogen and oxygen atoms in total. The SMILES string of the molecule is CC(C)OCC(=O)C12OC(C)(C)OC1CC1C3CC(F)C4=CC(=O)C=CC4(C)C3(F)C(O)CC12C. The molecule has 35 heavy (non-hydrogen) atoms. The van der Waals surface area contributed by atoms with E-state index in [1.54, 1.807) is 20.8 Å². The van der Waals surface area contributed by atoms with E-state index in [4.69, 9.17) is 14.2 Å². The van der Waals surface area contributed by atoms with Crippen LogP contribution in [0, 0.1) is 22.7 Å². The fourth-order valence-corrected chi connectivity index (χ4v) is 8.15. The third-order valence-corrected chi connectivity index (χ3v) is 9.58. The second-order valence-electron chi connectivity index (χ2n) is 12.2. The van der Waals surface area contributed by atoms with Crippen LogP contribution in [0.15, 0.2) is 23.8 Å². The predicted octanol–water partition coefficient (Wildman–Crippen LogP) is 3.80. The maximum atomic E-state index is 17.3. The molecule has 9 atom stereocenters. The highest BCUT2D eigenvalue weighted by atomic mass is 19.1. The van der Waals surface area contributed by atoms with E-state index in [1.807, 2.05) is 20.8 Å². The van der Waals surface area contributed by atoms with Gasteiger partial charge in [0, 0.05) is 16.7 Å². The number of rotatable bonds is 4. The van der Waals surface area contributed by atoms with Crippen LogP contribution in [0.3, 0.4) is 0 Å². The number of halogens is 2. The highest BCUT2D eigenvalue weighted by Crippen LogP contribution is 2.72. The first kappa shape index (κ1) is 25.2. The number of aliphatic hydroxyl groups is 1. The highest BCUT2D eigenvalue weighted by Gasteiger charge is 2.80. The van der Waals surface area contributed by atoms with Crippen molar-refractivity contribution in [2.24, 2.45) is 22.7 Å². The predicted molar refractivity (Wildman–Crippen MR) is 123 cm³/mol. The van der Waals surface area contributed by atoms with Crippen molar-refractivity contribution < 1.29 is 37.7 Å². The van der Waals surface area contributed by atoms with Gasteiger partial charge in [-0.05, 0) is 77.5 Å². The maximum Gasteiger partial charge on any atom is 0.193 e. The lowest BCUT2D eigenvalue weighted by atomic mass is 9.44. The summed E-state index contributed by atoms with van der Waals surface area (Å²) in [4.78, 5) is 25.8. The van der Waals surface area contributed by atoms with Crippen molar-refractivity contribution in [1.29, 1.82) is 0 Å². The number of carbonyl (C=O) groups excluding carboxylic acids is 2. The summed E-state index contributed by atoms with van der Waals surface area (Å²) in [7, 11) is 0. The zero-order chi connectivity index (χ0) is 25.8. The Morgan fingerprint density at radius 3 is 2.57 bits per heavy atom. The Morgan fingerprint density at radius 2 is 1.91 bits per heavy atom. The molecule has 0 amide bonds. The van der Waals surface area contributed by atoms with Crippen molar-refractivity contribution in [3.05, 3.63) is 23.8 Å². The molecule has 0 aromatic rings. The fraction of sp³-hybridized carbons (Fsp3) is 0.778. The van der Waals surface area contributed by atoms with Crippen LogP contribution in [0.2, 0.25) is 0 Å². The van der Waals surface area contributed by atoms with E-state index < -0.39 is 58.1 Å². The van der Waals surface area contributed by atoms with E-state index in [9.17, 15) is 14.7 Å². The second kappa shape index (κ2) is 7.53. The van der Waals surface area contributed by atoms with Crippen LogP contribution in [0.5, 0.6) is 0 Å². The lowest BCUT2D eigenvalue weighted by molar-refractivity contribution is -0.249. The molecule has 9 unspecified atom stereocenters. The average molecular weight is 495 g/mol. The van der Waals surface area contributed by atoms with Crippen LogP contribution < -0.4 is 0 Å². The molecule has 0 bridgehead atoms. The van der Waals surface area contributed by atoms with E-state index >= 15 is 8.78 Å². The number of allylic oxidation sites excluding steroid dienone is 4. The standard InChI is InChI=1S/C27H36F2O6/c1-14(2)33-13-21(32)27-22(34-23(3,4)35-27)11-16-17-10-19(28)18-9-15(30)7-8-24(18,5)26(17,29)20(31)12-25(16,27)6/h7-9,14,16-17,19-20,22,31H,10-13H2,1-6H3. The van der Waals surface area contributed by atoms with Gasteiger partial charge < -0.3 is 19.3 Å². The summed E-state index contributed by atoms with van der Waals surface area (Å²) < 4.78 is 51.2. The Balaban J connectivity index is 1.61. The lowest BCUT2D eigenvalue weighted by Gasteiger charge is -2.63. The number of hydrogen-bond donors (Lipinski definition) is 1. The third kappa shape index (κ3) is 3.06. The van der Waals surface area contributed by atoms with Gasteiger partial charge in [0.1, 0.15) is 12.8 Å². The summed E-state index contributed by atoms with van der Waals surface area (Å²) in [6, 6.07) is 0. The van der Waals surface area contributed by atoms with Crippen molar-refractivity contribution >= 4 is 11.6 Å². The largest absolute Gasteiger partial charge is 0.390 e. The minimum atomic E-state index is -2.21. The summed E-state index contributed by atoms with van der Waals surface area (Å²) in [5, 5.41) is 11.5. The maximum absolute atomic E-state index is 17.3. The van der Waals surface area contributed by atoms with Crippen molar-refractivity contribution in [3.63, 3.8) is 0 Å². The third-order valence-electron chi connectivity index (χ3n) is 9.58. The minimum Gasteiger partial charge on any atom is -0.390 e. The van der Waals surface area contributed by atoms with Gasteiger partial charge in [0.25, 0.3) is 0 Å². The summed E-state index contributed by atoms with van der Waals surface area (Å²) in [5.41, 5.74) is -6.06. The Morgan fingerprint density at radius 1 is 1.23 bits per heavy atom. The molecular formula is C27H36F2O6. The van der Waals surface area contributed by atoms with Gasteiger partial charge in [-0.15, -0.1) is 0 Å². The second-order valence-corrected chi connectivity index (χ2v) is 12.2. The molecule has 1 aliphatic heterocycles. The topological polar surface area (TPSA) is 82.1 Å². The molecule has 5 aliphatic rings. The van der Waals surface area contributed by atoms with Gasteiger partial charge >= 0.3 is 0 Å². The molecule has 1 heterocycles. The summed E-state index contributed by atoms with van der Waals surface area (Å²) in [6.45, 7) is 10.4. The number of alkyl halides is 2. The summed E-state index contributed by atoms with van der Waals surface area (Å²) >= 11 is 0. The first-order valence-electron chi connectivity index (χ1n) is 12.6. The number of carbonyl (C=O) groups is 2. The van der Waals surface area contributed by atoms with Gasteiger partial charge in [0.05, 0.1) is 18.3 Å². The highest BCUT2D eigenvalue weighted by molar-refractivity contribution is 6.01. The van der Waals surface area contributed by atoms with Gasteiger partial charge in [-0.3, -0.25) is 9.59 Å². The molecular weight excluding hydrogens is 458 g/mol. The number of aliphatic hydroxyl groups excluding tert-OH is 1. The van der Waals surface area contributed by atoms with E-state index in [0.29, 0.717) is 6.42 Å². The smallest absolute Gasteiger partial charge is 0.193 e. The molecule has 0 radical (unpaired) electrons. The molecule has 1 N–H and O–H groups in total. The molecule has 1 saturated heterocycles. The van der Waals surface area contributed by atoms with Crippen molar-refractivity contribution in [2.75, 3.05) is 6.61 Å². The Hall–Kier alpha value is -1.48. The molecule has 0 spiro atoms. The molecule has 0 aromatic heterocycles. The van der Waals surface area contributed by atoms with Crippen LogP contribution >= 0.6 is 0 Å². The number of hydrogen-bond acceptors (Lipinski definition) is 6. The molecule has 4 aliphatic carbocycles. The Bertz CT molecular complexity index is 1020. The number of ether oxygens (including phenoxy) is 3. The van der Waals surface area contributed by atoms with Crippen LogP contribution in [0.4, 0.5) is 8.78 Å². The lowest BCUT2D eigenvalue weighted by Crippen LogP contribution is -2.71. The van der Waals surface area contributed by atoms with Crippen LogP contribution in [0.1, 0.15) is 60.8 Å². The first-order valence-corrected chi connectivity index (χ1v) is 12.6. The molecule has 3 saturated carbocycles. The molecule has 0 aromatic carbocycles. The zero-order valence-corrected chi connectivity index (χ0v) is 21.3. The monoisotopic (exact) mass is 494 g/mol. The summed E-state index contributed by atoms with van der Waals surface area (Å²) in [5.74, 6) is -3.12. The minimum absolute atomic E-state index is 0.0599. The Kier molecular flexibility index (Phi) is 5.41. The van der Waals surface area contributed by atoms with Crippen molar-refractivity contribution in [1.82, 2.24) is 0 Å². The van der Waals surface area contributed by atoms with E-state index in [1.165, 1.54) is 18.2 Å². The van der Waals surface area contributed by atoms with E-state index in [2.05, 4.69) is 0 Å². The van der Waals surface area contributed by atoms with E-state index in [-0.39, 0.29) is 42.7 Å². The van der Waals surface area contributed by atoms with Gasteiger partial charge in [-0.2, -0.15) is 0 Å². The Labute approximate surface area is 205 Å². The van der Waals surface area contributed by atoms with E-state index in [0.717, 1.165) is 0 Å². The van der Waals surface area contributed by atoms with Gasteiger partial charge in [-0.25, -0.2) is 8.78 Å². The van der Waals surface area contributed by atoms with Crippen LogP contribution in [0.25, 0.3) is 0 Å². The van der Waals surface area contributed by atoms with Crippen LogP contribution in [-0.4, -0.2) is 64.8 Å². The quantitative estimate of drug-likeness (QED) is 0.640. The number of Topliss-reactive ketones (excluding diaryl/α,β-unsaturated/α-hetero) is 1. The van der Waals surface area contributed by atoms with Gasteiger partial charge in [0.15, 0.2) is 28.6 Å². The van der Waals surface area contributed by atoms with Crippen LogP contribution in [-0.2, 0) is 23.8 Å². The molecule has 194 valence electrons.